The van der Waals surface area contributed by atoms with Crippen molar-refractivity contribution in [3.8, 4) is 0 Å². The van der Waals surface area contributed by atoms with E-state index >= 15 is 0 Å². The zero-order valence-electron chi connectivity index (χ0n) is 15.5. The number of nitrogens with zero attached hydrogens (tertiary/aromatic N) is 1. The van der Waals surface area contributed by atoms with E-state index in [-0.39, 0.29) is 0 Å². The lowest BCUT2D eigenvalue weighted by atomic mass is 9.48. The molecule has 1 saturated carbocycles. The van der Waals surface area contributed by atoms with Crippen molar-refractivity contribution in [1.82, 2.24) is 4.98 Å². The van der Waals surface area contributed by atoms with Crippen molar-refractivity contribution in [3.63, 3.8) is 0 Å². The fraction of sp³-hybridized carbons (Fsp3) is 0.542. The summed E-state index contributed by atoms with van der Waals surface area (Å²) in [7, 11) is 0. The monoisotopic (exact) mass is 331 g/mol. The number of allylic oxidation sites excluding steroid dienone is 6. The van der Waals surface area contributed by atoms with Gasteiger partial charge in [-0.3, -0.25) is 4.98 Å². The Balaban J connectivity index is 1.51. The molecular weight excluding hydrogens is 302 g/mol. The predicted octanol–water partition coefficient (Wildman–Crippen LogP) is 6.20. The Labute approximate surface area is 151 Å². The van der Waals surface area contributed by atoms with E-state index in [9.17, 15) is 0 Å². The summed E-state index contributed by atoms with van der Waals surface area (Å²) in [5, 5.41) is 0. The third kappa shape index (κ3) is 2.11. The van der Waals surface area contributed by atoms with Crippen LogP contribution in [-0.4, -0.2) is 4.98 Å². The van der Waals surface area contributed by atoms with Crippen LogP contribution in [0.5, 0.6) is 0 Å². The number of aromatic nitrogens is 1. The minimum absolute atomic E-state index is 0.344. The molecule has 0 N–H and O–H groups in total. The SMILES string of the molecule is CC12CCC3C(CC=C4C=CCC[C@@]43C)C1CC=C2c1cccnc1. The summed E-state index contributed by atoms with van der Waals surface area (Å²) in [6.07, 6.45) is 21.8. The number of hydrogen-bond acceptors (Lipinski definition) is 1. The average molecular weight is 332 g/mol. The minimum atomic E-state index is 0.344. The molecule has 0 amide bonds. The molecule has 4 aliphatic rings. The van der Waals surface area contributed by atoms with Gasteiger partial charge >= 0.3 is 0 Å². The molecule has 0 radical (unpaired) electrons. The second-order valence-corrected chi connectivity index (χ2v) is 9.18. The molecule has 1 aromatic rings. The highest BCUT2D eigenvalue weighted by Crippen LogP contribution is 2.65. The number of rotatable bonds is 1. The van der Waals surface area contributed by atoms with Crippen molar-refractivity contribution in [1.29, 1.82) is 0 Å². The van der Waals surface area contributed by atoms with Crippen LogP contribution >= 0.6 is 0 Å². The molecule has 0 bridgehead atoms. The average Bonchev–Trinajstić information content (AvgIpc) is 2.99. The van der Waals surface area contributed by atoms with Crippen LogP contribution in [0.1, 0.15) is 57.9 Å². The van der Waals surface area contributed by atoms with E-state index in [0.717, 1.165) is 17.8 Å². The van der Waals surface area contributed by atoms with Crippen LogP contribution in [0.4, 0.5) is 0 Å². The van der Waals surface area contributed by atoms with Gasteiger partial charge in [-0.15, -0.1) is 0 Å². The van der Waals surface area contributed by atoms with E-state index in [1.165, 1.54) is 44.1 Å². The Kier molecular flexibility index (Phi) is 3.39. The van der Waals surface area contributed by atoms with E-state index < -0.39 is 0 Å². The van der Waals surface area contributed by atoms with Crippen molar-refractivity contribution in [2.24, 2.45) is 28.6 Å². The number of hydrogen-bond donors (Lipinski definition) is 0. The molecular formula is C24H29N. The van der Waals surface area contributed by atoms with E-state index in [4.69, 9.17) is 0 Å². The lowest BCUT2D eigenvalue weighted by Gasteiger charge is -2.56. The first-order valence-corrected chi connectivity index (χ1v) is 10.1. The van der Waals surface area contributed by atoms with Gasteiger partial charge in [-0.25, -0.2) is 0 Å². The zero-order chi connectivity index (χ0) is 17.1. The van der Waals surface area contributed by atoms with Gasteiger partial charge in [0.15, 0.2) is 0 Å². The molecule has 1 heteroatoms. The smallest absolute Gasteiger partial charge is 0.0343 e. The largest absolute Gasteiger partial charge is 0.264 e. The molecule has 4 unspecified atom stereocenters. The molecule has 1 heterocycles. The summed E-state index contributed by atoms with van der Waals surface area (Å²) in [6.45, 7) is 5.11. The van der Waals surface area contributed by atoms with Crippen LogP contribution < -0.4 is 0 Å². The predicted molar refractivity (Wildman–Crippen MR) is 104 cm³/mol. The Bertz CT molecular complexity index is 771. The second-order valence-electron chi connectivity index (χ2n) is 9.18. The summed E-state index contributed by atoms with van der Waals surface area (Å²) in [5.74, 6) is 2.53. The number of fused-ring (bicyclic) bond motifs is 5. The summed E-state index contributed by atoms with van der Waals surface area (Å²) in [4.78, 5) is 4.39. The Morgan fingerprint density at radius 1 is 1.04 bits per heavy atom. The minimum Gasteiger partial charge on any atom is -0.264 e. The first kappa shape index (κ1) is 15.6. The van der Waals surface area contributed by atoms with Crippen LogP contribution in [0.3, 0.4) is 0 Å². The highest BCUT2D eigenvalue weighted by atomic mass is 14.6. The van der Waals surface area contributed by atoms with E-state index in [1.54, 1.807) is 11.1 Å². The maximum atomic E-state index is 4.39. The molecule has 1 aromatic heterocycles. The van der Waals surface area contributed by atoms with Gasteiger partial charge in [0.1, 0.15) is 0 Å². The standard InChI is InChI=1S/C24H29N/c1-23-13-4-3-7-18(23)8-9-19-21-11-10-20(17-6-5-15-25-16-17)24(21,2)14-12-22(19)23/h3,5-8,10,15-16,19,21-22H,4,9,11-14H2,1-2H3/t19?,21?,22?,23-,24?/m0/s1. The Morgan fingerprint density at radius 3 is 2.80 bits per heavy atom. The normalized spacial score (nSPS) is 42.1. The molecule has 5 rings (SSSR count). The lowest BCUT2D eigenvalue weighted by Crippen LogP contribution is -2.48. The fourth-order valence-corrected chi connectivity index (χ4v) is 6.84. The molecule has 0 spiro atoms. The van der Waals surface area contributed by atoms with E-state index in [1.807, 2.05) is 6.20 Å². The summed E-state index contributed by atoms with van der Waals surface area (Å²) in [6, 6.07) is 4.34. The highest BCUT2D eigenvalue weighted by molar-refractivity contribution is 5.72. The first-order valence-electron chi connectivity index (χ1n) is 10.1. The summed E-state index contributed by atoms with van der Waals surface area (Å²) >= 11 is 0. The molecule has 5 atom stereocenters. The third-order valence-electron chi connectivity index (χ3n) is 8.21. The maximum absolute atomic E-state index is 4.39. The van der Waals surface area contributed by atoms with Crippen LogP contribution in [0.15, 0.2) is 54.4 Å². The van der Waals surface area contributed by atoms with E-state index in [2.05, 4.69) is 61.5 Å². The summed E-state index contributed by atoms with van der Waals surface area (Å²) in [5.41, 5.74) is 5.34. The zero-order valence-corrected chi connectivity index (χ0v) is 15.5. The van der Waals surface area contributed by atoms with Gasteiger partial charge in [-0.1, -0.05) is 44.2 Å². The van der Waals surface area contributed by atoms with Gasteiger partial charge < -0.3 is 0 Å². The lowest BCUT2D eigenvalue weighted by molar-refractivity contribution is -0.00168. The Morgan fingerprint density at radius 2 is 1.96 bits per heavy atom. The molecule has 0 saturated heterocycles. The van der Waals surface area contributed by atoms with Crippen LogP contribution in [0, 0.1) is 28.6 Å². The molecule has 4 aliphatic carbocycles. The molecule has 25 heavy (non-hydrogen) atoms. The van der Waals surface area contributed by atoms with Crippen molar-refractivity contribution >= 4 is 5.57 Å². The van der Waals surface area contributed by atoms with Gasteiger partial charge in [0.25, 0.3) is 0 Å². The molecule has 1 nitrogen and oxygen atoms in total. The van der Waals surface area contributed by atoms with Crippen LogP contribution in [0.2, 0.25) is 0 Å². The number of pyridine rings is 1. The molecule has 1 fully saturated rings. The maximum Gasteiger partial charge on any atom is 0.0343 e. The van der Waals surface area contributed by atoms with Gasteiger partial charge in [0.05, 0.1) is 0 Å². The highest BCUT2D eigenvalue weighted by Gasteiger charge is 2.55. The topological polar surface area (TPSA) is 12.9 Å². The van der Waals surface area contributed by atoms with Crippen LogP contribution in [0.25, 0.3) is 5.57 Å². The second kappa shape index (κ2) is 5.43. The van der Waals surface area contributed by atoms with Crippen molar-refractivity contribution in [2.75, 3.05) is 0 Å². The van der Waals surface area contributed by atoms with Crippen LogP contribution in [-0.2, 0) is 0 Å². The molecule has 130 valence electrons. The quantitative estimate of drug-likeness (QED) is 0.596. The first-order chi connectivity index (χ1) is 12.1. The van der Waals surface area contributed by atoms with Gasteiger partial charge in [-0.05, 0) is 89.9 Å². The fourth-order valence-electron chi connectivity index (χ4n) is 6.84. The van der Waals surface area contributed by atoms with Gasteiger partial charge in [0, 0.05) is 12.4 Å². The van der Waals surface area contributed by atoms with Gasteiger partial charge in [0.2, 0.25) is 0 Å². The summed E-state index contributed by atoms with van der Waals surface area (Å²) < 4.78 is 0. The van der Waals surface area contributed by atoms with Gasteiger partial charge in [-0.2, -0.15) is 0 Å². The Hall–Kier alpha value is -1.63. The van der Waals surface area contributed by atoms with Crippen molar-refractivity contribution in [3.05, 3.63) is 60.0 Å². The van der Waals surface area contributed by atoms with Crippen molar-refractivity contribution in [2.45, 2.75) is 52.4 Å². The van der Waals surface area contributed by atoms with E-state index in [0.29, 0.717) is 10.8 Å². The molecule has 0 aromatic carbocycles. The molecule has 0 aliphatic heterocycles. The third-order valence-corrected chi connectivity index (χ3v) is 8.21. The van der Waals surface area contributed by atoms with Crippen molar-refractivity contribution < 1.29 is 0 Å².